The topological polar surface area (TPSA) is 78.4 Å². The predicted molar refractivity (Wildman–Crippen MR) is 59.4 cm³/mol. The number of ether oxygens (including phenoxy) is 2. The summed E-state index contributed by atoms with van der Waals surface area (Å²) in [6.45, 7) is 0. The first kappa shape index (κ1) is 11.1. The minimum atomic E-state index is -0.497. The van der Waals surface area contributed by atoms with Crippen molar-refractivity contribution in [2.45, 2.75) is 24.7 Å². The van der Waals surface area contributed by atoms with E-state index in [1.807, 2.05) is 0 Å². The molecule has 0 saturated heterocycles. The standard InChI is InChI=1S/C12H12N2O4/c1-17-11(15)9-7-5-3-6(4-5)8(7)10(14-13-9)12(16)18-2/h5-6H,3-4H2,1-2H3. The molecule has 0 aromatic carbocycles. The van der Waals surface area contributed by atoms with Crippen molar-refractivity contribution in [3.63, 3.8) is 0 Å². The summed E-state index contributed by atoms with van der Waals surface area (Å²) in [5.74, 6) is -0.388. The highest BCUT2D eigenvalue weighted by Gasteiger charge is 2.48. The van der Waals surface area contributed by atoms with Gasteiger partial charge in [-0.3, -0.25) is 0 Å². The van der Waals surface area contributed by atoms with E-state index in [0.717, 1.165) is 24.0 Å². The summed E-state index contributed by atoms with van der Waals surface area (Å²) >= 11 is 0. The van der Waals surface area contributed by atoms with Crippen LogP contribution in [0.4, 0.5) is 0 Å². The quantitative estimate of drug-likeness (QED) is 0.727. The molecule has 4 rings (SSSR count). The molecule has 1 aromatic heterocycles. The van der Waals surface area contributed by atoms with E-state index in [0.29, 0.717) is 11.8 Å². The van der Waals surface area contributed by atoms with Crippen LogP contribution in [0.25, 0.3) is 0 Å². The maximum absolute atomic E-state index is 11.6. The van der Waals surface area contributed by atoms with Gasteiger partial charge in [-0.1, -0.05) is 0 Å². The van der Waals surface area contributed by atoms with Gasteiger partial charge in [-0.2, -0.15) is 0 Å². The Morgan fingerprint density at radius 2 is 1.33 bits per heavy atom. The second kappa shape index (κ2) is 3.76. The fraction of sp³-hybridized carbons (Fsp3) is 0.500. The van der Waals surface area contributed by atoms with E-state index in [1.165, 1.54) is 14.2 Å². The molecule has 0 radical (unpaired) electrons. The van der Waals surface area contributed by atoms with E-state index in [1.54, 1.807) is 0 Å². The van der Waals surface area contributed by atoms with Crippen molar-refractivity contribution in [2.75, 3.05) is 14.2 Å². The lowest BCUT2D eigenvalue weighted by molar-refractivity contribution is 0.0572. The highest BCUT2D eigenvalue weighted by Crippen LogP contribution is 2.58. The summed E-state index contributed by atoms with van der Waals surface area (Å²) in [7, 11) is 2.62. The first-order valence-corrected chi connectivity index (χ1v) is 5.74. The van der Waals surface area contributed by atoms with Gasteiger partial charge in [0.25, 0.3) is 0 Å². The van der Waals surface area contributed by atoms with Crippen LogP contribution >= 0.6 is 0 Å². The molecule has 0 spiro atoms. The van der Waals surface area contributed by atoms with Crippen LogP contribution in [0.5, 0.6) is 0 Å². The first-order valence-electron chi connectivity index (χ1n) is 5.74. The molecule has 6 heteroatoms. The molecule has 18 heavy (non-hydrogen) atoms. The van der Waals surface area contributed by atoms with E-state index < -0.39 is 11.9 Å². The lowest BCUT2D eigenvalue weighted by Gasteiger charge is -2.22. The Morgan fingerprint density at radius 3 is 1.67 bits per heavy atom. The summed E-state index contributed by atoms with van der Waals surface area (Å²) in [5.41, 5.74) is 2.15. The van der Waals surface area contributed by atoms with Gasteiger partial charge in [0, 0.05) is 0 Å². The van der Waals surface area contributed by atoms with Crippen molar-refractivity contribution in [3.8, 4) is 0 Å². The van der Waals surface area contributed by atoms with Crippen LogP contribution in [0.2, 0.25) is 0 Å². The molecule has 0 N–H and O–H groups in total. The predicted octanol–water partition coefficient (Wildman–Crippen LogP) is 1.02. The van der Waals surface area contributed by atoms with Crippen molar-refractivity contribution < 1.29 is 19.1 Å². The van der Waals surface area contributed by atoms with Crippen LogP contribution in [0.15, 0.2) is 0 Å². The number of hydrogen-bond donors (Lipinski definition) is 0. The lowest BCUT2D eigenvalue weighted by atomic mass is 9.81. The number of hydrogen-bond acceptors (Lipinski definition) is 6. The first-order chi connectivity index (χ1) is 8.67. The van der Waals surface area contributed by atoms with Crippen LogP contribution in [-0.2, 0) is 9.47 Å². The van der Waals surface area contributed by atoms with E-state index >= 15 is 0 Å². The van der Waals surface area contributed by atoms with Gasteiger partial charge >= 0.3 is 11.9 Å². The fourth-order valence-electron chi connectivity index (χ4n) is 2.87. The Bertz CT molecular complexity index is 502. The van der Waals surface area contributed by atoms with Gasteiger partial charge in [-0.15, -0.1) is 10.2 Å². The Hall–Kier alpha value is -1.98. The summed E-state index contributed by atoms with van der Waals surface area (Å²) in [5, 5.41) is 7.68. The lowest BCUT2D eigenvalue weighted by Crippen LogP contribution is -2.15. The number of aromatic nitrogens is 2. The number of nitrogens with zero attached hydrogens (tertiary/aromatic N) is 2. The van der Waals surface area contributed by atoms with Gasteiger partial charge in [0.05, 0.1) is 14.2 Å². The van der Waals surface area contributed by atoms with Gasteiger partial charge < -0.3 is 9.47 Å². The molecule has 2 bridgehead atoms. The van der Waals surface area contributed by atoms with Crippen LogP contribution < -0.4 is 0 Å². The van der Waals surface area contributed by atoms with Crippen molar-refractivity contribution in [1.29, 1.82) is 0 Å². The summed E-state index contributed by atoms with van der Waals surface area (Å²) in [6, 6.07) is 0. The van der Waals surface area contributed by atoms with E-state index in [4.69, 9.17) is 9.47 Å². The highest BCUT2D eigenvalue weighted by molar-refractivity contribution is 5.94. The van der Waals surface area contributed by atoms with Gasteiger partial charge in [0.15, 0.2) is 11.4 Å². The zero-order valence-electron chi connectivity index (χ0n) is 10.1. The second-order valence-electron chi connectivity index (χ2n) is 4.57. The normalized spacial score (nSPS) is 23.0. The third-order valence-electron chi connectivity index (χ3n) is 3.76. The summed E-state index contributed by atoms with van der Waals surface area (Å²) in [4.78, 5) is 23.3. The second-order valence-corrected chi connectivity index (χ2v) is 4.57. The maximum Gasteiger partial charge on any atom is 0.358 e. The minimum Gasteiger partial charge on any atom is -0.464 e. The molecule has 3 aliphatic carbocycles. The monoisotopic (exact) mass is 248 g/mol. The largest absolute Gasteiger partial charge is 0.464 e. The van der Waals surface area contributed by atoms with Crippen molar-refractivity contribution >= 4 is 11.9 Å². The Morgan fingerprint density at radius 1 is 0.944 bits per heavy atom. The summed E-state index contributed by atoms with van der Waals surface area (Å²) in [6.07, 6.45) is 1.91. The number of rotatable bonds is 2. The van der Waals surface area contributed by atoms with Gasteiger partial charge in [0.2, 0.25) is 0 Å². The smallest absolute Gasteiger partial charge is 0.358 e. The van der Waals surface area contributed by atoms with Crippen molar-refractivity contribution in [2.24, 2.45) is 0 Å². The molecule has 1 aromatic rings. The average molecular weight is 248 g/mol. The molecule has 0 amide bonds. The summed E-state index contributed by atoms with van der Waals surface area (Å²) < 4.78 is 9.39. The molecular formula is C12H12N2O4. The van der Waals surface area contributed by atoms with Crippen molar-refractivity contribution in [3.05, 3.63) is 22.5 Å². The number of methoxy groups -OCH3 is 2. The van der Waals surface area contributed by atoms with Crippen LogP contribution in [0.1, 0.15) is 56.8 Å². The Labute approximate surface area is 103 Å². The third kappa shape index (κ3) is 1.28. The molecule has 94 valence electrons. The molecule has 6 nitrogen and oxygen atoms in total. The number of carbonyl (C=O) groups excluding carboxylic acids is 2. The van der Waals surface area contributed by atoms with Crippen molar-refractivity contribution in [1.82, 2.24) is 10.2 Å². The number of esters is 2. The molecule has 0 atom stereocenters. The molecular weight excluding hydrogens is 236 g/mol. The van der Waals surface area contributed by atoms with E-state index in [2.05, 4.69) is 10.2 Å². The molecule has 1 fully saturated rings. The molecule has 3 aliphatic rings. The Kier molecular flexibility index (Phi) is 2.33. The van der Waals surface area contributed by atoms with Crippen LogP contribution in [0, 0.1) is 0 Å². The molecule has 1 saturated carbocycles. The zero-order chi connectivity index (χ0) is 12.9. The maximum atomic E-state index is 11.6. The Balaban J connectivity index is 2.17. The zero-order valence-corrected chi connectivity index (χ0v) is 10.1. The average Bonchev–Trinajstić information content (AvgIpc) is 2.90. The molecule has 1 heterocycles. The van der Waals surface area contributed by atoms with Gasteiger partial charge in [-0.25, -0.2) is 9.59 Å². The van der Waals surface area contributed by atoms with Crippen LogP contribution in [-0.4, -0.2) is 36.4 Å². The fourth-order valence-corrected chi connectivity index (χ4v) is 2.87. The number of carbonyl (C=O) groups is 2. The van der Waals surface area contributed by atoms with E-state index in [-0.39, 0.29) is 11.4 Å². The SMILES string of the molecule is COC(=O)c1nnc(C(=O)OC)c2c1C1CC2C1. The molecule has 0 aliphatic heterocycles. The third-order valence-corrected chi connectivity index (χ3v) is 3.76. The minimum absolute atomic E-state index is 0.241. The highest BCUT2D eigenvalue weighted by atomic mass is 16.5. The van der Waals surface area contributed by atoms with E-state index in [9.17, 15) is 9.59 Å². The van der Waals surface area contributed by atoms with Gasteiger partial charge in [-0.05, 0) is 35.8 Å². The molecule has 0 unspecified atom stereocenters. The van der Waals surface area contributed by atoms with Gasteiger partial charge in [0.1, 0.15) is 0 Å². The van der Waals surface area contributed by atoms with Crippen LogP contribution in [0.3, 0.4) is 0 Å².